The van der Waals surface area contributed by atoms with Crippen LogP contribution in [0.5, 0.6) is 0 Å². The molecule has 84 valence electrons. The number of aromatic nitrogens is 1. The first-order valence-electron chi connectivity index (χ1n) is 4.52. The highest BCUT2D eigenvalue weighted by molar-refractivity contribution is 7.18. The molecule has 7 heteroatoms. The topological polar surface area (TPSA) is 88.3 Å². The van der Waals surface area contributed by atoms with Crippen LogP contribution in [0.1, 0.15) is 13.8 Å². The molecule has 1 atom stereocenters. The van der Waals surface area contributed by atoms with Crippen molar-refractivity contribution in [1.82, 2.24) is 4.98 Å². The normalized spacial score (nSPS) is 12.8. The molecule has 0 spiro atoms. The zero-order chi connectivity index (χ0) is 11.4. The van der Waals surface area contributed by atoms with Crippen molar-refractivity contribution in [3.63, 3.8) is 0 Å². The van der Waals surface area contributed by atoms with Gasteiger partial charge in [0, 0.05) is 0 Å². The molecule has 1 aromatic heterocycles. The molecule has 1 rings (SSSR count). The number of aliphatic hydroxyl groups is 1. The lowest BCUT2D eigenvalue weighted by atomic mass is 10.1. The van der Waals surface area contributed by atoms with E-state index in [0.29, 0.717) is 5.13 Å². The van der Waals surface area contributed by atoms with E-state index in [1.165, 1.54) is 6.20 Å². The number of thiazole rings is 1. The molecule has 0 bridgehead atoms. The van der Waals surface area contributed by atoms with Gasteiger partial charge in [0.15, 0.2) is 5.13 Å². The van der Waals surface area contributed by atoms with Crippen molar-refractivity contribution >= 4 is 21.5 Å². The minimum absolute atomic E-state index is 0.00190. The van der Waals surface area contributed by atoms with Gasteiger partial charge in [0.1, 0.15) is 6.20 Å². The fourth-order valence-corrected chi connectivity index (χ4v) is 1.69. The van der Waals surface area contributed by atoms with Crippen molar-refractivity contribution in [2.75, 3.05) is 11.9 Å². The Morgan fingerprint density at radius 3 is 2.80 bits per heavy atom. The van der Waals surface area contributed by atoms with Gasteiger partial charge < -0.3 is 10.4 Å². The Morgan fingerprint density at radius 2 is 2.40 bits per heavy atom. The van der Waals surface area contributed by atoms with E-state index < -0.39 is 4.92 Å². The van der Waals surface area contributed by atoms with Gasteiger partial charge in [0.25, 0.3) is 0 Å². The number of nitrogens with zero attached hydrogens (tertiary/aromatic N) is 2. The molecule has 0 radical (unpaired) electrons. The van der Waals surface area contributed by atoms with Crippen molar-refractivity contribution in [2.24, 2.45) is 5.92 Å². The summed E-state index contributed by atoms with van der Waals surface area (Å²) in [5.41, 5.74) is 0. The maximum atomic E-state index is 10.4. The number of nitrogens with one attached hydrogen (secondary N) is 1. The summed E-state index contributed by atoms with van der Waals surface area (Å²) in [4.78, 5) is 13.8. The molecule has 0 amide bonds. The van der Waals surface area contributed by atoms with Crippen LogP contribution >= 0.6 is 11.3 Å². The van der Waals surface area contributed by atoms with E-state index in [1.807, 2.05) is 13.8 Å². The molecule has 0 aliphatic carbocycles. The molecular weight excluding hydrogens is 218 g/mol. The third kappa shape index (κ3) is 3.14. The monoisotopic (exact) mass is 231 g/mol. The van der Waals surface area contributed by atoms with Gasteiger partial charge >= 0.3 is 5.00 Å². The number of hydrogen-bond donors (Lipinski definition) is 2. The molecule has 0 fully saturated rings. The smallest absolute Gasteiger partial charge is 0.345 e. The molecule has 1 aromatic rings. The molecule has 0 aliphatic heterocycles. The Hall–Kier alpha value is -1.21. The SMILES string of the molecule is CC(C)C(CO)Nc1ncc([N+](=O)[O-])s1. The first-order valence-corrected chi connectivity index (χ1v) is 5.34. The quantitative estimate of drug-likeness (QED) is 0.592. The van der Waals surface area contributed by atoms with E-state index >= 15 is 0 Å². The molecule has 1 unspecified atom stereocenters. The van der Waals surface area contributed by atoms with E-state index in [9.17, 15) is 10.1 Å². The van der Waals surface area contributed by atoms with Crippen LogP contribution < -0.4 is 5.32 Å². The molecule has 15 heavy (non-hydrogen) atoms. The molecule has 6 nitrogen and oxygen atoms in total. The van der Waals surface area contributed by atoms with Gasteiger partial charge in [0.05, 0.1) is 17.6 Å². The van der Waals surface area contributed by atoms with Crippen molar-refractivity contribution in [3.8, 4) is 0 Å². The van der Waals surface area contributed by atoms with Gasteiger partial charge in [0.2, 0.25) is 0 Å². The maximum Gasteiger partial charge on any atom is 0.345 e. The van der Waals surface area contributed by atoms with Crippen LogP contribution in [0.4, 0.5) is 10.1 Å². The summed E-state index contributed by atoms with van der Waals surface area (Å²) < 4.78 is 0. The van der Waals surface area contributed by atoms with Crippen LogP contribution in [0, 0.1) is 16.0 Å². The molecule has 1 heterocycles. The summed E-state index contributed by atoms with van der Waals surface area (Å²) in [6, 6.07) is -0.129. The number of aliphatic hydroxyl groups excluding tert-OH is 1. The first-order chi connectivity index (χ1) is 7.04. The summed E-state index contributed by atoms with van der Waals surface area (Å²) in [5.74, 6) is 0.234. The van der Waals surface area contributed by atoms with Crippen molar-refractivity contribution in [3.05, 3.63) is 16.3 Å². The van der Waals surface area contributed by atoms with Gasteiger partial charge in [-0.3, -0.25) is 10.1 Å². The van der Waals surface area contributed by atoms with Crippen LogP contribution in [-0.4, -0.2) is 27.7 Å². The Kier molecular flexibility index (Phi) is 3.98. The minimum atomic E-state index is -0.480. The van der Waals surface area contributed by atoms with E-state index in [-0.39, 0.29) is 23.6 Å². The molecule has 0 aromatic carbocycles. The van der Waals surface area contributed by atoms with Crippen LogP contribution in [0.3, 0.4) is 0 Å². The molecular formula is C8H13N3O3S. The largest absolute Gasteiger partial charge is 0.394 e. The number of hydrogen-bond acceptors (Lipinski definition) is 6. The van der Waals surface area contributed by atoms with Crippen molar-refractivity contribution in [1.29, 1.82) is 0 Å². The second-order valence-corrected chi connectivity index (χ2v) is 4.45. The summed E-state index contributed by atoms with van der Waals surface area (Å²) in [5, 5.41) is 22.9. The zero-order valence-electron chi connectivity index (χ0n) is 8.51. The summed E-state index contributed by atoms with van der Waals surface area (Å²) in [6.07, 6.45) is 1.21. The van der Waals surface area contributed by atoms with Gasteiger partial charge in [-0.2, -0.15) is 0 Å². The highest BCUT2D eigenvalue weighted by atomic mass is 32.1. The van der Waals surface area contributed by atoms with Gasteiger partial charge in [-0.05, 0) is 17.3 Å². The standard InChI is InChI=1S/C8H13N3O3S/c1-5(2)6(4-12)10-8-9-3-7(15-8)11(13)14/h3,5-6,12H,4H2,1-2H3,(H,9,10). The van der Waals surface area contributed by atoms with Crippen LogP contribution in [0.2, 0.25) is 0 Å². The zero-order valence-corrected chi connectivity index (χ0v) is 9.32. The molecule has 0 saturated heterocycles. The predicted molar refractivity (Wildman–Crippen MR) is 58.1 cm³/mol. The highest BCUT2D eigenvalue weighted by Gasteiger charge is 2.16. The number of rotatable bonds is 5. The average Bonchev–Trinajstić information content (AvgIpc) is 2.61. The van der Waals surface area contributed by atoms with Gasteiger partial charge in [-0.25, -0.2) is 4.98 Å². The second kappa shape index (κ2) is 5.04. The summed E-state index contributed by atoms with van der Waals surface area (Å²) in [7, 11) is 0. The Balaban J connectivity index is 2.67. The van der Waals surface area contributed by atoms with E-state index in [4.69, 9.17) is 5.11 Å². The van der Waals surface area contributed by atoms with Crippen molar-refractivity contribution < 1.29 is 10.0 Å². The first kappa shape index (κ1) is 11.9. The Labute approximate surface area is 91.1 Å². The third-order valence-electron chi connectivity index (χ3n) is 1.98. The lowest BCUT2D eigenvalue weighted by Crippen LogP contribution is -2.29. The third-order valence-corrected chi connectivity index (χ3v) is 2.86. The Morgan fingerprint density at radius 1 is 1.73 bits per heavy atom. The molecule has 2 N–H and O–H groups in total. The summed E-state index contributed by atoms with van der Waals surface area (Å²) in [6.45, 7) is 3.89. The molecule has 0 aliphatic rings. The average molecular weight is 231 g/mol. The van der Waals surface area contributed by atoms with Crippen LogP contribution in [0.25, 0.3) is 0 Å². The van der Waals surface area contributed by atoms with E-state index in [0.717, 1.165) is 11.3 Å². The van der Waals surface area contributed by atoms with Gasteiger partial charge in [-0.1, -0.05) is 13.8 Å². The van der Waals surface area contributed by atoms with Crippen LogP contribution in [-0.2, 0) is 0 Å². The van der Waals surface area contributed by atoms with Crippen LogP contribution in [0.15, 0.2) is 6.20 Å². The fraction of sp³-hybridized carbons (Fsp3) is 0.625. The fourth-order valence-electron chi connectivity index (χ4n) is 0.998. The lowest BCUT2D eigenvalue weighted by molar-refractivity contribution is -0.380. The number of nitro groups is 1. The summed E-state index contributed by atoms with van der Waals surface area (Å²) >= 11 is 0.970. The maximum absolute atomic E-state index is 10.4. The Bertz CT molecular complexity index is 340. The highest BCUT2D eigenvalue weighted by Crippen LogP contribution is 2.26. The van der Waals surface area contributed by atoms with Crippen molar-refractivity contribution in [2.45, 2.75) is 19.9 Å². The number of anilines is 1. The second-order valence-electron chi connectivity index (χ2n) is 3.44. The van der Waals surface area contributed by atoms with Gasteiger partial charge in [-0.15, -0.1) is 0 Å². The van der Waals surface area contributed by atoms with E-state index in [2.05, 4.69) is 10.3 Å². The molecule has 0 saturated carbocycles. The lowest BCUT2D eigenvalue weighted by Gasteiger charge is -2.18. The minimum Gasteiger partial charge on any atom is -0.394 e. The predicted octanol–water partition coefficient (Wildman–Crippen LogP) is 1.48. The van der Waals surface area contributed by atoms with E-state index in [1.54, 1.807) is 0 Å².